The van der Waals surface area contributed by atoms with Gasteiger partial charge in [-0.3, -0.25) is 4.98 Å². The molecule has 1 aromatic carbocycles. The lowest BCUT2D eigenvalue weighted by atomic mass is 9.70. The van der Waals surface area contributed by atoms with Crippen LogP contribution in [0.15, 0.2) is 30.5 Å². The molecule has 0 radical (unpaired) electrons. The molecule has 0 aliphatic carbocycles. The number of hydrogen-bond acceptors (Lipinski definition) is 3. The van der Waals surface area contributed by atoms with Crippen molar-refractivity contribution in [3.63, 3.8) is 0 Å². The number of halogens is 4. The smallest absolute Gasteiger partial charge is 0.475 e. The van der Waals surface area contributed by atoms with Crippen molar-refractivity contribution in [3.05, 3.63) is 41.8 Å². The first-order valence-electron chi connectivity index (χ1n) is 8.07. The molecule has 142 valence electrons. The summed E-state index contributed by atoms with van der Waals surface area (Å²) in [7, 11) is 0. The number of carbonyl (C=O) groups is 1. The van der Waals surface area contributed by atoms with E-state index in [1.165, 1.54) is 11.6 Å². The molecule has 1 atom stereocenters. The molecule has 1 aromatic heterocycles. The van der Waals surface area contributed by atoms with Crippen LogP contribution >= 0.6 is 0 Å². The molecule has 2 heterocycles. The maximum Gasteiger partial charge on any atom is 0.490 e. The Morgan fingerprint density at radius 1 is 1.31 bits per heavy atom. The van der Waals surface area contributed by atoms with Gasteiger partial charge in [-0.15, -0.1) is 0 Å². The number of nitrogens with zero attached hydrogens (tertiary/aromatic N) is 1. The number of hydrogen-bond donors (Lipinski definition) is 2. The SMILES string of the molecule is CC1(C)CNCCC1c1ccnc2ccc(F)cc12.O=C(O)C(F)(F)F. The Morgan fingerprint density at radius 3 is 2.54 bits per heavy atom. The van der Waals surface area contributed by atoms with Crippen LogP contribution < -0.4 is 5.32 Å². The molecule has 8 heteroatoms. The van der Waals surface area contributed by atoms with Crippen LogP contribution in [0.25, 0.3) is 10.9 Å². The molecule has 0 spiro atoms. The van der Waals surface area contributed by atoms with Crippen molar-refractivity contribution in [2.24, 2.45) is 5.41 Å². The van der Waals surface area contributed by atoms with E-state index in [-0.39, 0.29) is 11.2 Å². The number of rotatable bonds is 1. The van der Waals surface area contributed by atoms with Crippen molar-refractivity contribution in [2.75, 3.05) is 13.1 Å². The van der Waals surface area contributed by atoms with Gasteiger partial charge in [0.1, 0.15) is 5.82 Å². The highest BCUT2D eigenvalue weighted by atomic mass is 19.4. The highest BCUT2D eigenvalue weighted by Gasteiger charge is 2.38. The van der Waals surface area contributed by atoms with Crippen LogP contribution in [0.4, 0.5) is 17.6 Å². The van der Waals surface area contributed by atoms with E-state index in [4.69, 9.17) is 9.90 Å². The Morgan fingerprint density at radius 2 is 1.96 bits per heavy atom. The standard InChI is InChI=1S/C16H19FN2.C2HF3O2/c1-16(2)10-18-7-6-14(16)12-5-8-19-15-4-3-11(17)9-13(12)15;3-2(4,5)1(6)7/h3-5,8-9,14,18H,6-7,10H2,1-2H3;(H,6,7). The Labute approximate surface area is 148 Å². The minimum Gasteiger partial charge on any atom is -0.475 e. The Hall–Kier alpha value is -2.22. The van der Waals surface area contributed by atoms with E-state index in [0.29, 0.717) is 5.92 Å². The molecule has 4 nitrogen and oxygen atoms in total. The molecule has 1 aliphatic rings. The van der Waals surface area contributed by atoms with Crippen LogP contribution in [0, 0.1) is 11.2 Å². The van der Waals surface area contributed by atoms with Crippen molar-refractivity contribution in [1.29, 1.82) is 0 Å². The molecule has 1 aliphatic heterocycles. The fraction of sp³-hybridized carbons (Fsp3) is 0.444. The maximum absolute atomic E-state index is 13.5. The maximum atomic E-state index is 13.5. The molecule has 2 aromatic rings. The normalized spacial score (nSPS) is 19.5. The third-order valence-electron chi connectivity index (χ3n) is 4.49. The lowest BCUT2D eigenvalue weighted by molar-refractivity contribution is -0.192. The first-order chi connectivity index (χ1) is 12.0. The van der Waals surface area contributed by atoms with E-state index in [0.717, 1.165) is 30.4 Å². The zero-order chi connectivity index (χ0) is 19.5. The summed E-state index contributed by atoms with van der Waals surface area (Å²) in [5.74, 6) is -2.50. The minimum absolute atomic E-state index is 0.179. The molecule has 0 saturated carbocycles. The number of fused-ring (bicyclic) bond motifs is 1. The van der Waals surface area contributed by atoms with E-state index in [1.807, 2.05) is 6.20 Å². The van der Waals surface area contributed by atoms with Crippen LogP contribution in [-0.2, 0) is 4.79 Å². The minimum atomic E-state index is -5.08. The number of alkyl halides is 3. The van der Waals surface area contributed by atoms with E-state index in [1.54, 1.807) is 12.1 Å². The van der Waals surface area contributed by atoms with Crippen molar-refractivity contribution in [1.82, 2.24) is 10.3 Å². The Balaban J connectivity index is 0.000000298. The number of aromatic nitrogens is 1. The van der Waals surface area contributed by atoms with Gasteiger partial charge in [0.15, 0.2) is 0 Å². The summed E-state index contributed by atoms with van der Waals surface area (Å²) in [6, 6.07) is 6.92. The number of pyridine rings is 1. The van der Waals surface area contributed by atoms with Crippen LogP contribution in [0.2, 0.25) is 0 Å². The van der Waals surface area contributed by atoms with Crippen LogP contribution in [0.5, 0.6) is 0 Å². The van der Waals surface area contributed by atoms with Gasteiger partial charge in [0.25, 0.3) is 0 Å². The summed E-state index contributed by atoms with van der Waals surface area (Å²) in [6.45, 7) is 6.56. The van der Waals surface area contributed by atoms with Crippen LogP contribution in [0.3, 0.4) is 0 Å². The molecule has 1 fully saturated rings. The van der Waals surface area contributed by atoms with Crippen molar-refractivity contribution in [2.45, 2.75) is 32.4 Å². The fourth-order valence-corrected chi connectivity index (χ4v) is 3.19. The highest BCUT2D eigenvalue weighted by Crippen LogP contribution is 2.41. The van der Waals surface area contributed by atoms with E-state index < -0.39 is 12.1 Å². The van der Waals surface area contributed by atoms with E-state index >= 15 is 0 Å². The van der Waals surface area contributed by atoms with Gasteiger partial charge in [0.05, 0.1) is 5.52 Å². The van der Waals surface area contributed by atoms with Gasteiger partial charge in [0.2, 0.25) is 0 Å². The second-order valence-corrected chi connectivity index (χ2v) is 6.87. The van der Waals surface area contributed by atoms with Crippen molar-refractivity contribution >= 4 is 16.9 Å². The molecular weight excluding hydrogens is 352 g/mol. The van der Waals surface area contributed by atoms with E-state index in [2.05, 4.69) is 30.2 Å². The van der Waals surface area contributed by atoms with Gasteiger partial charge in [-0.2, -0.15) is 13.2 Å². The quantitative estimate of drug-likeness (QED) is 0.740. The van der Waals surface area contributed by atoms with E-state index in [9.17, 15) is 17.6 Å². The van der Waals surface area contributed by atoms with Gasteiger partial charge < -0.3 is 10.4 Å². The predicted octanol–water partition coefficient (Wildman–Crippen LogP) is 4.11. The number of piperidine rings is 1. The van der Waals surface area contributed by atoms with Gasteiger partial charge in [-0.1, -0.05) is 13.8 Å². The molecule has 2 N–H and O–H groups in total. The zero-order valence-electron chi connectivity index (χ0n) is 14.4. The Bertz CT molecular complexity index is 790. The molecule has 1 saturated heterocycles. The van der Waals surface area contributed by atoms with Gasteiger partial charge in [-0.25, -0.2) is 9.18 Å². The second kappa shape index (κ2) is 7.57. The summed E-state index contributed by atoms with van der Waals surface area (Å²) >= 11 is 0. The first-order valence-corrected chi connectivity index (χ1v) is 8.07. The lowest BCUT2D eigenvalue weighted by Gasteiger charge is -2.39. The first kappa shape index (κ1) is 20.1. The van der Waals surface area contributed by atoms with Crippen LogP contribution in [0.1, 0.15) is 31.7 Å². The number of carboxylic acid groups (broad SMARTS) is 1. The molecule has 0 bridgehead atoms. The summed E-state index contributed by atoms with van der Waals surface area (Å²) in [6.07, 6.45) is -2.16. The van der Waals surface area contributed by atoms with Crippen molar-refractivity contribution < 1.29 is 27.5 Å². The lowest BCUT2D eigenvalue weighted by Crippen LogP contribution is -2.41. The van der Waals surface area contributed by atoms with Gasteiger partial charge >= 0.3 is 12.1 Å². The monoisotopic (exact) mass is 372 g/mol. The number of carboxylic acids is 1. The summed E-state index contributed by atoms with van der Waals surface area (Å²) in [5.41, 5.74) is 2.29. The Kier molecular flexibility index (Phi) is 5.85. The zero-order valence-corrected chi connectivity index (χ0v) is 14.4. The van der Waals surface area contributed by atoms with Crippen molar-refractivity contribution in [3.8, 4) is 0 Å². The summed E-state index contributed by atoms with van der Waals surface area (Å²) in [5, 5.41) is 11.5. The number of nitrogens with one attached hydrogen (secondary N) is 1. The number of aliphatic carboxylic acids is 1. The highest BCUT2D eigenvalue weighted by molar-refractivity contribution is 5.82. The average molecular weight is 372 g/mol. The van der Waals surface area contributed by atoms with Crippen LogP contribution in [-0.4, -0.2) is 35.3 Å². The molecule has 26 heavy (non-hydrogen) atoms. The second-order valence-electron chi connectivity index (χ2n) is 6.87. The van der Waals surface area contributed by atoms with Gasteiger partial charge in [0, 0.05) is 18.1 Å². The molecule has 0 amide bonds. The predicted molar refractivity (Wildman–Crippen MR) is 89.4 cm³/mol. The third kappa shape index (κ3) is 4.69. The molecule has 3 rings (SSSR count). The summed E-state index contributed by atoms with van der Waals surface area (Å²) < 4.78 is 45.3. The van der Waals surface area contributed by atoms with Gasteiger partial charge in [-0.05, 0) is 54.1 Å². The fourth-order valence-electron chi connectivity index (χ4n) is 3.19. The largest absolute Gasteiger partial charge is 0.490 e. The average Bonchev–Trinajstić information content (AvgIpc) is 2.54. The topological polar surface area (TPSA) is 62.2 Å². The third-order valence-corrected chi connectivity index (χ3v) is 4.49. The number of benzene rings is 1. The molecule has 1 unspecified atom stereocenters. The summed E-state index contributed by atoms with van der Waals surface area (Å²) in [4.78, 5) is 13.2. The molecular formula is C18H20F4N2O2.